The third kappa shape index (κ3) is 4.82. The van der Waals surface area contributed by atoms with Crippen molar-refractivity contribution in [3.05, 3.63) is 66.0 Å². The fourth-order valence-electron chi connectivity index (χ4n) is 2.72. The molecule has 0 bridgehead atoms. The van der Waals surface area contributed by atoms with Crippen molar-refractivity contribution in [1.82, 2.24) is 9.88 Å². The predicted molar refractivity (Wildman–Crippen MR) is 96.7 cm³/mol. The van der Waals surface area contributed by atoms with Crippen LogP contribution in [0, 0.1) is 0 Å². The number of thioether (sulfide) groups is 1. The number of nitrogens with zero attached hydrogens (tertiary/aromatic N) is 2. The molecule has 1 amide bonds. The second-order valence-corrected chi connectivity index (χ2v) is 6.84. The van der Waals surface area contributed by atoms with Crippen LogP contribution in [0.1, 0.15) is 23.8 Å². The van der Waals surface area contributed by atoms with Gasteiger partial charge in [0.15, 0.2) is 0 Å². The summed E-state index contributed by atoms with van der Waals surface area (Å²) in [7, 11) is 0. The van der Waals surface area contributed by atoms with Gasteiger partial charge in [-0.25, -0.2) is 0 Å². The Balaban J connectivity index is 1.43. The Bertz CT molecular complexity index is 636. The lowest BCUT2D eigenvalue weighted by Crippen LogP contribution is -2.42. The van der Waals surface area contributed by atoms with E-state index in [0.717, 1.165) is 22.8 Å². The van der Waals surface area contributed by atoms with Gasteiger partial charge in [0.1, 0.15) is 6.10 Å². The lowest BCUT2D eigenvalue weighted by atomic mass is 10.1. The van der Waals surface area contributed by atoms with Crippen LogP contribution in [-0.2, 0) is 15.3 Å². The van der Waals surface area contributed by atoms with Gasteiger partial charge in [-0.15, -0.1) is 0 Å². The second kappa shape index (κ2) is 8.85. The molecular weight excluding hydrogens is 320 g/mol. The summed E-state index contributed by atoms with van der Waals surface area (Å²) in [4.78, 5) is 18.7. The second-order valence-electron chi connectivity index (χ2n) is 5.73. The monoisotopic (exact) mass is 342 g/mol. The van der Waals surface area contributed by atoms with E-state index in [-0.39, 0.29) is 12.0 Å². The van der Waals surface area contributed by atoms with Crippen molar-refractivity contribution in [1.29, 1.82) is 0 Å². The molecule has 1 atom stereocenters. The minimum atomic E-state index is -0.00919. The van der Waals surface area contributed by atoms with Gasteiger partial charge in [0, 0.05) is 30.7 Å². The molecule has 0 radical (unpaired) electrons. The molecule has 1 fully saturated rings. The number of ether oxygens (including phenoxy) is 1. The van der Waals surface area contributed by atoms with Gasteiger partial charge < -0.3 is 9.64 Å². The molecule has 1 unspecified atom stereocenters. The molecule has 3 rings (SSSR count). The molecule has 24 heavy (non-hydrogen) atoms. The molecule has 0 N–H and O–H groups in total. The van der Waals surface area contributed by atoms with Crippen LogP contribution in [0.2, 0.25) is 0 Å². The molecule has 0 spiro atoms. The predicted octanol–water partition coefficient (Wildman–Crippen LogP) is 3.31. The zero-order valence-electron chi connectivity index (χ0n) is 13.6. The zero-order valence-corrected chi connectivity index (χ0v) is 14.5. The number of amides is 1. The Morgan fingerprint density at radius 2 is 2.04 bits per heavy atom. The highest BCUT2D eigenvalue weighted by atomic mass is 32.2. The van der Waals surface area contributed by atoms with Gasteiger partial charge in [0.25, 0.3) is 0 Å². The van der Waals surface area contributed by atoms with Gasteiger partial charge in [0.2, 0.25) is 5.91 Å². The quantitative estimate of drug-likeness (QED) is 0.756. The van der Waals surface area contributed by atoms with Crippen LogP contribution in [0.25, 0.3) is 0 Å². The van der Waals surface area contributed by atoms with Gasteiger partial charge in [-0.1, -0.05) is 36.4 Å². The molecule has 1 aliphatic heterocycles. The molecule has 126 valence electrons. The highest BCUT2D eigenvalue weighted by molar-refractivity contribution is 7.98. The Hall–Kier alpha value is -1.85. The molecule has 1 aliphatic rings. The zero-order chi connectivity index (χ0) is 16.6. The first-order valence-electron chi connectivity index (χ1n) is 8.25. The summed E-state index contributed by atoms with van der Waals surface area (Å²) >= 11 is 1.75. The van der Waals surface area contributed by atoms with Crippen molar-refractivity contribution in [2.75, 3.05) is 25.4 Å². The number of carbonyl (C=O) groups is 1. The van der Waals surface area contributed by atoms with E-state index in [9.17, 15) is 4.79 Å². The van der Waals surface area contributed by atoms with Crippen LogP contribution in [-0.4, -0.2) is 41.2 Å². The van der Waals surface area contributed by atoms with E-state index < -0.39 is 0 Å². The molecule has 2 aromatic rings. The summed E-state index contributed by atoms with van der Waals surface area (Å²) in [5, 5.41) is 0. The maximum atomic E-state index is 12.4. The van der Waals surface area contributed by atoms with Crippen LogP contribution < -0.4 is 0 Å². The van der Waals surface area contributed by atoms with E-state index in [1.165, 1.54) is 0 Å². The number of rotatable bonds is 6. The van der Waals surface area contributed by atoms with Crippen molar-refractivity contribution in [2.24, 2.45) is 0 Å². The highest BCUT2D eigenvalue weighted by Gasteiger charge is 2.24. The van der Waals surface area contributed by atoms with Crippen molar-refractivity contribution in [3.63, 3.8) is 0 Å². The topological polar surface area (TPSA) is 42.4 Å². The number of aromatic nitrogens is 1. The standard InChI is InChI=1S/C19H22N2O2S/c22-19(9-13-24-15-17-8-4-5-10-20-17)21-11-12-23-18(14-21)16-6-2-1-3-7-16/h1-8,10,18H,9,11-15H2. The van der Waals surface area contributed by atoms with Crippen molar-refractivity contribution in [2.45, 2.75) is 18.3 Å². The third-order valence-corrected chi connectivity index (χ3v) is 5.02. The normalized spacial score (nSPS) is 17.7. The van der Waals surface area contributed by atoms with E-state index in [2.05, 4.69) is 17.1 Å². The van der Waals surface area contributed by atoms with Crippen LogP contribution in [0.15, 0.2) is 54.7 Å². The SMILES string of the molecule is O=C(CCSCc1ccccn1)N1CCOC(c2ccccc2)C1. The average Bonchev–Trinajstić information content (AvgIpc) is 2.67. The van der Waals surface area contributed by atoms with E-state index in [4.69, 9.17) is 4.74 Å². The van der Waals surface area contributed by atoms with Gasteiger partial charge in [-0.3, -0.25) is 9.78 Å². The highest BCUT2D eigenvalue weighted by Crippen LogP contribution is 2.22. The number of carbonyl (C=O) groups excluding carboxylic acids is 1. The van der Waals surface area contributed by atoms with Crippen LogP contribution in [0.3, 0.4) is 0 Å². The first-order chi connectivity index (χ1) is 11.8. The maximum Gasteiger partial charge on any atom is 0.223 e. The summed E-state index contributed by atoms with van der Waals surface area (Å²) in [6.45, 7) is 1.94. The van der Waals surface area contributed by atoms with Gasteiger partial charge in [0.05, 0.1) is 18.8 Å². The van der Waals surface area contributed by atoms with E-state index >= 15 is 0 Å². The molecule has 0 saturated carbocycles. The molecule has 0 aliphatic carbocycles. The molecule has 2 heterocycles. The Morgan fingerprint density at radius 1 is 1.21 bits per heavy atom. The fraction of sp³-hybridized carbons (Fsp3) is 0.368. The van der Waals surface area contributed by atoms with Gasteiger partial charge in [-0.05, 0) is 17.7 Å². The molecule has 1 saturated heterocycles. The molecule has 1 aromatic heterocycles. The smallest absolute Gasteiger partial charge is 0.223 e. The number of pyridine rings is 1. The number of morpholine rings is 1. The largest absolute Gasteiger partial charge is 0.370 e. The number of hydrogen-bond donors (Lipinski definition) is 0. The number of hydrogen-bond acceptors (Lipinski definition) is 4. The minimum absolute atomic E-state index is 0.00919. The maximum absolute atomic E-state index is 12.4. The number of benzene rings is 1. The lowest BCUT2D eigenvalue weighted by Gasteiger charge is -2.33. The van der Waals surface area contributed by atoms with Gasteiger partial charge >= 0.3 is 0 Å². The minimum Gasteiger partial charge on any atom is -0.370 e. The van der Waals surface area contributed by atoms with Crippen molar-refractivity contribution in [3.8, 4) is 0 Å². The van der Waals surface area contributed by atoms with E-state index in [0.29, 0.717) is 26.1 Å². The summed E-state index contributed by atoms with van der Waals surface area (Å²) in [6, 6.07) is 16.0. The first kappa shape index (κ1) is 17.0. The van der Waals surface area contributed by atoms with Crippen LogP contribution in [0.5, 0.6) is 0 Å². The van der Waals surface area contributed by atoms with Crippen LogP contribution in [0.4, 0.5) is 0 Å². The van der Waals surface area contributed by atoms with Gasteiger partial charge in [-0.2, -0.15) is 11.8 Å². The summed E-state index contributed by atoms with van der Waals surface area (Å²) in [5.41, 5.74) is 2.20. The summed E-state index contributed by atoms with van der Waals surface area (Å²) in [6.07, 6.45) is 2.36. The average molecular weight is 342 g/mol. The Labute approximate surface area is 147 Å². The molecule has 5 heteroatoms. The third-order valence-electron chi connectivity index (χ3n) is 4.03. The Morgan fingerprint density at radius 3 is 2.83 bits per heavy atom. The van der Waals surface area contributed by atoms with Crippen molar-refractivity contribution >= 4 is 17.7 Å². The fourth-order valence-corrected chi connectivity index (χ4v) is 3.57. The van der Waals surface area contributed by atoms with Crippen molar-refractivity contribution < 1.29 is 9.53 Å². The lowest BCUT2D eigenvalue weighted by molar-refractivity contribution is -0.138. The van der Waals surface area contributed by atoms with E-state index in [1.807, 2.05) is 41.3 Å². The summed E-state index contributed by atoms with van der Waals surface area (Å²) in [5.74, 6) is 1.89. The van der Waals surface area contributed by atoms with Crippen LogP contribution >= 0.6 is 11.8 Å². The summed E-state index contributed by atoms with van der Waals surface area (Å²) < 4.78 is 5.82. The first-order valence-corrected chi connectivity index (χ1v) is 9.40. The molecule has 4 nitrogen and oxygen atoms in total. The molecular formula is C19H22N2O2S. The Kier molecular flexibility index (Phi) is 6.26. The molecule has 1 aromatic carbocycles. The van der Waals surface area contributed by atoms with E-state index in [1.54, 1.807) is 18.0 Å².